The van der Waals surface area contributed by atoms with Crippen LogP contribution in [0.5, 0.6) is 0 Å². The molecule has 0 aliphatic heterocycles. The lowest BCUT2D eigenvalue weighted by Crippen LogP contribution is -2.73. The summed E-state index contributed by atoms with van der Waals surface area (Å²) in [7, 11) is 0. The summed E-state index contributed by atoms with van der Waals surface area (Å²) < 4.78 is -0.469. The molecule has 7 nitrogen and oxygen atoms in total. The molecule has 3 atom stereocenters. The zero-order valence-corrected chi connectivity index (χ0v) is 28.3. The van der Waals surface area contributed by atoms with E-state index in [1.165, 1.54) is 89.9 Å². The standard InChI is InChI=1S/C36H67NO6/c1-5-9-10-11-12-13-14-15-16-17-18-19-20-21-22-23-24-25-26-27-28-29-30-37(31(6-2)34(38)39,32(7-3)35(40)41)33(8-4)36(42)43/h19-20,31-33H,5-18,21-30H2,1-4H3,(H2-,38,39,40,41,42,43)/b20-19+. The van der Waals surface area contributed by atoms with Crippen LogP contribution in [0.1, 0.15) is 175 Å². The molecule has 0 radical (unpaired) electrons. The van der Waals surface area contributed by atoms with Crippen molar-refractivity contribution >= 4 is 17.9 Å². The lowest BCUT2D eigenvalue weighted by atomic mass is 9.93. The Bertz CT molecular complexity index is 697. The van der Waals surface area contributed by atoms with Crippen LogP contribution in [0.15, 0.2) is 12.2 Å². The van der Waals surface area contributed by atoms with Crippen LogP contribution in [0.2, 0.25) is 0 Å². The van der Waals surface area contributed by atoms with E-state index in [0.29, 0.717) is 6.42 Å². The number of hydrogen-bond donors (Lipinski definition) is 2. The number of carboxylic acids is 3. The summed E-state index contributed by atoms with van der Waals surface area (Å²) in [5.74, 6) is -3.65. The lowest BCUT2D eigenvalue weighted by Gasteiger charge is -2.51. The Labute approximate surface area is 264 Å². The number of aliphatic carboxylic acids is 3. The predicted molar refractivity (Wildman–Crippen MR) is 175 cm³/mol. The Morgan fingerprint density at radius 1 is 0.535 bits per heavy atom. The molecule has 252 valence electrons. The number of nitrogens with zero attached hydrogens (tertiary/aromatic N) is 1. The van der Waals surface area contributed by atoms with Crippen molar-refractivity contribution in [2.45, 2.75) is 193 Å². The highest BCUT2D eigenvalue weighted by Gasteiger charge is 2.53. The number of carboxylic acid groups (broad SMARTS) is 3. The van der Waals surface area contributed by atoms with E-state index in [1.54, 1.807) is 20.8 Å². The molecule has 0 amide bonds. The first-order valence-electron chi connectivity index (χ1n) is 17.9. The van der Waals surface area contributed by atoms with E-state index in [1.807, 2.05) is 0 Å². The van der Waals surface area contributed by atoms with E-state index in [9.17, 15) is 29.7 Å². The summed E-state index contributed by atoms with van der Waals surface area (Å²) in [6.07, 6.45) is 29.6. The number of carbonyl (C=O) groups is 3. The number of hydrogen-bond acceptors (Lipinski definition) is 4. The lowest BCUT2D eigenvalue weighted by molar-refractivity contribution is -0.974. The molecule has 0 heterocycles. The Morgan fingerprint density at radius 3 is 1.16 bits per heavy atom. The number of unbranched alkanes of at least 4 members (excludes halogenated alkanes) is 18. The van der Waals surface area contributed by atoms with E-state index < -0.39 is 40.5 Å². The summed E-state index contributed by atoms with van der Waals surface area (Å²) in [5, 5.41) is 32.2. The summed E-state index contributed by atoms with van der Waals surface area (Å²) in [5.41, 5.74) is 0. The Hall–Kier alpha value is -1.89. The van der Waals surface area contributed by atoms with Crippen molar-refractivity contribution in [3.05, 3.63) is 12.2 Å². The molecule has 0 spiro atoms. The first-order valence-corrected chi connectivity index (χ1v) is 17.9. The molecule has 3 unspecified atom stereocenters. The molecule has 0 aliphatic carbocycles. The van der Waals surface area contributed by atoms with Gasteiger partial charge in [-0.3, -0.25) is 4.48 Å². The van der Waals surface area contributed by atoms with E-state index in [0.717, 1.165) is 32.1 Å². The maximum Gasteiger partial charge on any atom is 0.362 e. The maximum atomic E-state index is 12.3. The second-order valence-corrected chi connectivity index (χ2v) is 12.5. The highest BCUT2D eigenvalue weighted by atomic mass is 16.4. The maximum absolute atomic E-state index is 12.3. The van der Waals surface area contributed by atoms with Crippen molar-refractivity contribution in [2.75, 3.05) is 6.54 Å². The molecule has 2 N–H and O–H groups in total. The fraction of sp³-hybridized carbons (Fsp3) is 0.861. The Balaban J connectivity index is 4.33. The van der Waals surface area contributed by atoms with Crippen molar-refractivity contribution in [1.29, 1.82) is 0 Å². The van der Waals surface area contributed by atoms with E-state index in [-0.39, 0.29) is 25.8 Å². The van der Waals surface area contributed by atoms with Crippen LogP contribution in [-0.2, 0) is 14.4 Å². The third-order valence-corrected chi connectivity index (χ3v) is 9.30. The minimum atomic E-state index is -1.37. The van der Waals surface area contributed by atoms with Gasteiger partial charge in [0.25, 0.3) is 0 Å². The number of quaternary nitrogens is 1. The van der Waals surface area contributed by atoms with Crippen molar-refractivity contribution < 1.29 is 34.2 Å². The van der Waals surface area contributed by atoms with Gasteiger partial charge in [0.15, 0.2) is 12.1 Å². The molecule has 43 heavy (non-hydrogen) atoms. The van der Waals surface area contributed by atoms with Crippen molar-refractivity contribution in [2.24, 2.45) is 0 Å². The molecule has 0 bridgehead atoms. The minimum absolute atomic E-state index is 0.129. The number of carbonyl (C=O) groups excluding carboxylic acids is 1. The van der Waals surface area contributed by atoms with Gasteiger partial charge in [-0.2, -0.15) is 0 Å². The van der Waals surface area contributed by atoms with Crippen LogP contribution in [0.4, 0.5) is 0 Å². The van der Waals surface area contributed by atoms with E-state index in [2.05, 4.69) is 19.1 Å². The monoisotopic (exact) mass is 609 g/mol. The van der Waals surface area contributed by atoms with Crippen LogP contribution in [-0.4, -0.2) is 57.3 Å². The minimum Gasteiger partial charge on any atom is -0.544 e. The van der Waals surface area contributed by atoms with Gasteiger partial charge in [-0.05, 0) is 38.5 Å². The highest BCUT2D eigenvalue weighted by molar-refractivity contribution is 5.77. The Kier molecular flexibility index (Phi) is 25.3. The molecule has 7 heteroatoms. The van der Waals surface area contributed by atoms with Crippen molar-refractivity contribution in [3.8, 4) is 0 Å². The highest BCUT2D eigenvalue weighted by Crippen LogP contribution is 2.32. The van der Waals surface area contributed by atoms with Crippen molar-refractivity contribution in [1.82, 2.24) is 0 Å². The van der Waals surface area contributed by atoms with Gasteiger partial charge in [-0.25, -0.2) is 9.59 Å². The molecule has 0 saturated heterocycles. The SMILES string of the molecule is CCCCCCCCCCCC/C=C/CCCCCCCCCC[N+](C(CC)C(=O)[O-])(C(CC)C(=O)O)C(CC)C(=O)O. The van der Waals surface area contributed by atoms with Crippen LogP contribution >= 0.6 is 0 Å². The molecule has 0 aromatic rings. The summed E-state index contributed by atoms with van der Waals surface area (Å²) in [6.45, 7) is 7.54. The van der Waals surface area contributed by atoms with Crippen LogP contribution in [0.3, 0.4) is 0 Å². The molecular weight excluding hydrogens is 542 g/mol. The van der Waals surface area contributed by atoms with Gasteiger partial charge >= 0.3 is 11.9 Å². The van der Waals surface area contributed by atoms with Gasteiger partial charge in [-0.1, -0.05) is 130 Å². The third kappa shape index (κ3) is 16.7. The van der Waals surface area contributed by atoms with Crippen LogP contribution in [0.25, 0.3) is 0 Å². The molecule has 0 saturated carbocycles. The van der Waals surface area contributed by atoms with Gasteiger partial charge in [-0.15, -0.1) is 0 Å². The van der Waals surface area contributed by atoms with Gasteiger partial charge in [0, 0.05) is 19.3 Å². The molecular formula is C36H67NO6. The topological polar surface area (TPSA) is 115 Å². The van der Waals surface area contributed by atoms with Crippen LogP contribution < -0.4 is 5.11 Å². The first-order chi connectivity index (χ1) is 20.7. The predicted octanol–water partition coefficient (Wildman–Crippen LogP) is 8.44. The van der Waals surface area contributed by atoms with Crippen LogP contribution in [0, 0.1) is 0 Å². The zero-order valence-electron chi connectivity index (χ0n) is 28.3. The second kappa shape index (κ2) is 26.5. The zero-order chi connectivity index (χ0) is 32.3. The van der Waals surface area contributed by atoms with E-state index in [4.69, 9.17) is 0 Å². The van der Waals surface area contributed by atoms with Gasteiger partial charge < -0.3 is 20.1 Å². The molecule has 0 aromatic carbocycles. The van der Waals surface area contributed by atoms with Gasteiger partial charge in [0.1, 0.15) is 6.04 Å². The van der Waals surface area contributed by atoms with Gasteiger partial charge in [0.2, 0.25) is 0 Å². The molecule has 0 aliphatic rings. The third-order valence-electron chi connectivity index (χ3n) is 9.30. The Morgan fingerprint density at radius 2 is 0.860 bits per heavy atom. The fourth-order valence-electron chi connectivity index (χ4n) is 6.96. The van der Waals surface area contributed by atoms with Crippen molar-refractivity contribution in [3.63, 3.8) is 0 Å². The summed E-state index contributed by atoms with van der Waals surface area (Å²) in [4.78, 5) is 36.7. The average molecular weight is 610 g/mol. The molecule has 0 aromatic heterocycles. The normalized spacial score (nSPS) is 15.3. The smallest absolute Gasteiger partial charge is 0.362 e. The second-order valence-electron chi connectivity index (χ2n) is 12.5. The van der Waals surface area contributed by atoms with E-state index >= 15 is 0 Å². The summed E-state index contributed by atoms with van der Waals surface area (Å²) in [6, 6.07) is -3.38. The fourth-order valence-corrected chi connectivity index (χ4v) is 6.96. The molecule has 0 fully saturated rings. The average Bonchev–Trinajstić information content (AvgIpc) is 2.96. The largest absolute Gasteiger partial charge is 0.544 e. The first kappa shape index (κ1) is 41.1. The number of allylic oxidation sites excluding steroid dienone is 2. The molecule has 0 rings (SSSR count). The quantitative estimate of drug-likeness (QED) is 0.0463. The summed E-state index contributed by atoms with van der Waals surface area (Å²) >= 11 is 0. The number of rotatable bonds is 31. The van der Waals surface area contributed by atoms with Gasteiger partial charge in [0.05, 0.1) is 12.5 Å².